The molecule has 0 amide bonds. The molecule has 0 unspecified atom stereocenters. The Balaban J connectivity index is 1.84. The second-order valence-corrected chi connectivity index (χ2v) is 7.52. The lowest BCUT2D eigenvalue weighted by Gasteiger charge is -2.39. The van der Waals surface area contributed by atoms with Gasteiger partial charge >= 0.3 is 0 Å². The Labute approximate surface area is 142 Å². The van der Waals surface area contributed by atoms with Crippen LogP contribution in [0.5, 0.6) is 0 Å². The smallest absolute Gasteiger partial charge is 0.105 e. The van der Waals surface area contributed by atoms with Crippen LogP contribution in [0.3, 0.4) is 0 Å². The summed E-state index contributed by atoms with van der Waals surface area (Å²) in [7, 11) is 4.20. The zero-order chi connectivity index (χ0) is 16.4. The molecule has 1 aromatic carbocycles. The standard InChI is InChI=1S/C19H25NO2S/c1-20(2)15-8-10-19(22,11-9-15)17-13-23-12-16(17)18(21)14-6-4-3-5-7-14/h3-7,12-13,15,18,21-22H,8-11H2,1-2H3/t15?,18-,19?/m1/s1. The summed E-state index contributed by atoms with van der Waals surface area (Å²) >= 11 is 1.56. The molecule has 3 rings (SSSR count). The van der Waals surface area contributed by atoms with Gasteiger partial charge in [-0.25, -0.2) is 0 Å². The van der Waals surface area contributed by atoms with Crippen molar-refractivity contribution in [2.45, 2.75) is 43.4 Å². The van der Waals surface area contributed by atoms with Gasteiger partial charge in [0.05, 0.1) is 5.60 Å². The Morgan fingerprint density at radius 3 is 2.39 bits per heavy atom. The lowest BCUT2D eigenvalue weighted by molar-refractivity contribution is -0.0205. The summed E-state index contributed by atoms with van der Waals surface area (Å²) in [5, 5.41) is 25.9. The second-order valence-electron chi connectivity index (χ2n) is 6.78. The number of aliphatic hydroxyl groups excluding tert-OH is 1. The fourth-order valence-corrected chi connectivity index (χ4v) is 4.54. The molecule has 23 heavy (non-hydrogen) atoms. The Morgan fingerprint density at radius 2 is 1.78 bits per heavy atom. The highest BCUT2D eigenvalue weighted by Gasteiger charge is 2.38. The highest BCUT2D eigenvalue weighted by molar-refractivity contribution is 7.08. The normalized spacial score (nSPS) is 26.4. The highest BCUT2D eigenvalue weighted by atomic mass is 32.1. The summed E-state index contributed by atoms with van der Waals surface area (Å²) in [5.41, 5.74) is 1.83. The molecule has 2 aromatic rings. The van der Waals surface area contributed by atoms with Crippen molar-refractivity contribution < 1.29 is 10.2 Å². The van der Waals surface area contributed by atoms with E-state index in [2.05, 4.69) is 19.0 Å². The zero-order valence-corrected chi connectivity index (χ0v) is 14.6. The van der Waals surface area contributed by atoms with E-state index in [1.807, 2.05) is 41.1 Å². The van der Waals surface area contributed by atoms with Gasteiger partial charge in [-0.1, -0.05) is 30.3 Å². The van der Waals surface area contributed by atoms with E-state index in [4.69, 9.17) is 0 Å². The monoisotopic (exact) mass is 331 g/mol. The summed E-state index contributed by atoms with van der Waals surface area (Å²) in [6.45, 7) is 0. The number of hydrogen-bond acceptors (Lipinski definition) is 4. The first-order valence-corrected chi connectivity index (χ1v) is 9.14. The van der Waals surface area contributed by atoms with Crippen molar-refractivity contribution in [1.29, 1.82) is 0 Å². The van der Waals surface area contributed by atoms with E-state index < -0.39 is 11.7 Å². The number of aliphatic hydroxyl groups is 2. The Hall–Kier alpha value is -1.20. The van der Waals surface area contributed by atoms with Crippen LogP contribution in [0.25, 0.3) is 0 Å². The van der Waals surface area contributed by atoms with Crippen molar-refractivity contribution in [3.63, 3.8) is 0 Å². The highest BCUT2D eigenvalue weighted by Crippen LogP contribution is 2.43. The Bertz CT molecular complexity index is 630. The molecular weight excluding hydrogens is 306 g/mol. The molecule has 1 atom stereocenters. The van der Waals surface area contributed by atoms with E-state index in [-0.39, 0.29) is 0 Å². The molecule has 0 bridgehead atoms. The molecule has 0 spiro atoms. The lowest BCUT2D eigenvalue weighted by Crippen LogP contribution is -2.39. The van der Waals surface area contributed by atoms with Gasteiger partial charge in [-0.3, -0.25) is 0 Å². The van der Waals surface area contributed by atoms with Crippen molar-refractivity contribution in [2.24, 2.45) is 0 Å². The summed E-state index contributed by atoms with van der Waals surface area (Å²) < 4.78 is 0. The van der Waals surface area contributed by atoms with E-state index >= 15 is 0 Å². The fraction of sp³-hybridized carbons (Fsp3) is 0.474. The van der Waals surface area contributed by atoms with Gasteiger partial charge in [0.2, 0.25) is 0 Å². The second kappa shape index (κ2) is 6.73. The maximum atomic E-state index is 11.2. The van der Waals surface area contributed by atoms with Gasteiger partial charge in [-0.05, 0) is 56.1 Å². The van der Waals surface area contributed by atoms with Gasteiger partial charge in [0, 0.05) is 17.2 Å². The van der Waals surface area contributed by atoms with E-state index in [1.54, 1.807) is 11.3 Å². The van der Waals surface area contributed by atoms with E-state index in [0.717, 1.165) is 42.4 Å². The predicted octanol–water partition coefficient (Wildman–Crippen LogP) is 3.52. The van der Waals surface area contributed by atoms with E-state index in [9.17, 15) is 10.2 Å². The van der Waals surface area contributed by atoms with Crippen molar-refractivity contribution in [2.75, 3.05) is 14.1 Å². The largest absolute Gasteiger partial charge is 0.385 e. The maximum absolute atomic E-state index is 11.2. The van der Waals surface area contributed by atoms with Crippen LogP contribution in [-0.2, 0) is 5.60 Å². The molecule has 0 aliphatic heterocycles. The first-order valence-electron chi connectivity index (χ1n) is 8.19. The average molecular weight is 331 g/mol. The molecule has 1 aliphatic carbocycles. The lowest BCUT2D eigenvalue weighted by atomic mass is 9.76. The number of rotatable bonds is 4. The van der Waals surface area contributed by atoms with Gasteiger partial charge < -0.3 is 15.1 Å². The summed E-state index contributed by atoms with van der Waals surface area (Å²) in [6.07, 6.45) is 2.80. The van der Waals surface area contributed by atoms with Crippen molar-refractivity contribution >= 4 is 11.3 Å². The average Bonchev–Trinajstić information content (AvgIpc) is 3.06. The molecule has 2 N–H and O–H groups in total. The predicted molar refractivity (Wildman–Crippen MR) is 94.7 cm³/mol. The minimum Gasteiger partial charge on any atom is -0.385 e. The molecule has 1 aliphatic rings. The molecule has 0 radical (unpaired) electrons. The molecule has 124 valence electrons. The third-order valence-corrected chi connectivity index (χ3v) is 5.88. The third kappa shape index (κ3) is 3.36. The van der Waals surface area contributed by atoms with Crippen LogP contribution < -0.4 is 0 Å². The van der Waals surface area contributed by atoms with Crippen LogP contribution in [0.1, 0.15) is 48.5 Å². The number of hydrogen-bond donors (Lipinski definition) is 2. The molecule has 1 saturated carbocycles. The van der Waals surface area contributed by atoms with E-state index in [1.165, 1.54) is 0 Å². The number of nitrogens with zero attached hydrogens (tertiary/aromatic N) is 1. The van der Waals surface area contributed by atoms with Crippen LogP contribution >= 0.6 is 11.3 Å². The minimum absolute atomic E-state index is 0.538. The first kappa shape index (κ1) is 16.7. The summed E-state index contributed by atoms with van der Waals surface area (Å²) in [5.74, 6) is 0. The van der Waals surface area contributed by atoms with Crippen molar-refractivity contribution in [3.05, 3.63) is 57.8 Å². The minimum atomic E-state index is -0.808. The summed E-state index contributed by atoms with van der Waals surface area (Å²) in [6, 6.07) is 10.2. The van der Waals surface area contributed by atoms with Crippen LogP contribution in [-0.4, -0.2) is 35.3 Å². The molecule has 0 saturated heterocycles. The van der Waals surface area contributed by atoms with E-state index in [0.29, 0.717) is 6.04 Å². The number of thiophene rings is 1. The number of benzene rings is 1. The van der Waals surface area contributed by atoms with Crippen LogP contribution in [0.4, 0.5) is 0 Å². The molecule has 1 heterocycles. The van der Waals surface area contributed by atoms with Crippen molar-refractivity contribution in [3.8, 4) is 0 Å². The molecule has 1 aromatic heterocycles. The Kier molecular flexibility index (Phi) is 4.87. The fourth-order valence-electron chi connectivity index (χ4n) is 3.58. The van der Waals surface area contributed by atoms with Crippen LogP contribution in [0.2, 0.25) is 0 Å². The quantitative estimate of drug-likeness (QED) is 0.901. The van der Waals surface area contributed by atoms with Gasteiger partial charge in [-0.2, -0.15) is 11.3 Å². The third-order valence-electron chi connectivity index (χ3n) is 5.12. The van der Waals surface area contributed by atoms with Gasteiger partial charge in [0.25, 0.3) is 0 Å². The maximum Gasteiger partial charge on any atom is 0.105 e. The van der Waals surface area contributed by atoms with Gasteiger partial charge in [0.15, 0.2) is 0 Å². The molecule has 4 heteroatoms. The first-order chi connectivity index (χ1) is 11.0. The van der Waals surface area contributed by atoms with Gasteiger partial charge in [-0.15, -0.1) is 0 Å². The van der Waals surface area contributed by atoms with Crippen molar-refractivity contribution in [1.82, 2.24) is 4.90 Å². The molecule has 1 fully saturated rings. The van der Waals surface area contributed by atoms with Gasteiger partial charge in [0.1, 0.15) is 6.10 Å². The van der Waals surface area contributed by atoms with Crippen LogP contribution in [0, 0.1) is 0 Å². The zero-order valence-electron chi connectivity index (χ0n) is 13.8. The SMILES string of the molecule is CN(C)C1CCC(O)(c2cscc2[C@H](O)c2ccccc2)CC1. The molecule has 3 nitrogen and oxygen atoms in total. The van der Waals surface area contributed by atoms with Crippen LogP contribution in [0.15, 0.2) is 41.1 Å². The summed E-state index contributed by atoms with van der Waals surface area (Å²) in [4.78, 5) is 2.24. The topological polar surface area (TPSA) is 43.7 Å². The Morgan fingerprint density at radius 1 is 1.13 bits per heavy atom. The molecular formula is C19H25NO2S.